The van der Waals surface area contributed by atoms with E-state index in [1.165, 1.54) is 18.4 Å². The highest BCUT2D eigenvalue weighted by Gasteiger charge is 2.31. The molecule has 4 N–H and O–H groups in total. The maximum absolute atomic E-state index is 5.69. The van der Waals surface area contributed by atoms with E-state index in [0.717, 1.165) is 31.4 Å². The first-order valence-electron chi connectivity index (χ1n) is 6.05. The normalized spacial score (nSPS) is 25.1. The second-order valence-electron chi connectivity index (χ2n) is 4.75. The van der Waals surface area contributed by atoms with Gasteiger partial charge in [-0.25, -0.2) is 4.98 Å². The first-order valence-corrected chi connectivity index (χ1v) is 6.05. The summed E-state index contributed by atoms with van der Waals surface area (Å²) in [5.74, 6) is 3.03. The van der Waals surface area contributed by atoms with Gasteiger partial charge in [-0.15, -0.1) is 0 Å². The van der Waals surface area contributed by atoms with E-state index < -0.39 is 0 Å². The maximum atomic E-state index is 5.69. The number of nitrogens with two attached hydrogens (primary N) is 1. The third-order valence-corrected chi connectivity index (χ3v) is 3.79. The Morgan fingerprint density at radius 2 is 2.06 bits per heavy atom. The van der Waals surface area contributed by atoms with E-state index in [0.29, 0.717) is 11.7 Å². The quantitative estimate of drug-likeness (QED) is 0.662. The van der Waals surface area contributed by atoms with Crippen LogP contribution in [0.5, 0.6) is 0 Å². The predicted molar refractivity (Wildman–Crippen MR) is 65.5 cm³/mol. The molecule has 1 aromatic heterocycles. The molecule has 0 aliphatic carbocycles. The molecule has 4 nitrogen and oxygen atoms in total. The SMILES string of the molecule is Nc1ccc2c(n1)NCC2C1CCNCC1. The summed E-state index contributed by atoms with van der Waals surface area (Å²) in [6.45, 7) is 3.33. The topological polar surface area (TPSA) is 63.0 Å². The van der Waals surface area contributed by atoms with Crippen LogP contribution in [0.3, 0.4) is 0 Å². The summed E-state index contributed by atoms with van der Waals surface area (Å²) in [7, 11) is 0. The number of rotatable bonds is 1. The van der Waals surface area contributed by atoms with Gasteiger partial charge in [0.15, 0.2) is 0 Å². The highest BCUT2D eigenvalue weighted by Crippen LogP contribution is 2.38. The number of hydrogen-bond donors (Lipinski definition) is 3. The summed E-state index contributed by atoms with van der Waals surface area (Å²) in [4.78, 5) is 4.35. The van der Waals surface area contributed by atoms with Crippen LogP contribution in [-0.2, 0) is 0 Å². The summed E-state index contributed by atoms with van der Waals surface area (Å²) in [6.07, 6.45) is 2.55. The van der Waals surface area contributed by atoms with Gasteiger partial charge in [-0.3, -0.25) is 0 Å². The Morgan fingerprint density at radius 3 is 2.88 bits per heavy atom. The molecular weight excluding hydrogens is 200 g/mol. The van der Waals surface area contributed by atoms with Crippen molar-refractivity contribution >= 4 is 11.6 Å². The molecule has 0 spiro atoms. The van der Waals surface area contributed by atoms with Gasteiger partial charge in [-0.2, -0.15) is 0 Å². The minimum absolute atomic E-state index is 0.609. The first kappa shape index (κ1) is 9.90. The summed E-state index contributed by atoms with van der Waals surface area (Å²) in [5.41, 5.74) is 7.06. The van der Waals surface area contributed by atoms with E-state index in [2.05, 4.69) is 21.7 Å². The number of nitrogen functional groups attached to an aromatic ring is 1. The van der Waals surface area contributed by atoms with Crippen molar-refractivity contribution in [2.45, 2.75) is 18.8 Å². The fourth-order valence-electron chi connectivity index (χ4n) is 2.91. The summed E-state index contributed by atoms with van der Waals surface area (Å²) in [5, 5.41) is 6.79. The number of nitrogens with zero attached hydrogens (tertiary/aromatic N) is 1. The molecule has 86 valence electrons. The molecule has 0 radical (unpaired) electrons. The maximum Gasteiger partial charge on any atom is 0.131 e. The Morgan fingerprint density at radius 1 is 1.25 bits per heavy atom. The van der Waals surface area contributed by atoms with Crippen LogP contribution in [-0.4, -0.2) is 24.6 Å². The molecule has 0 saturated carbocycles. The molecule has 3 heterocycles. The van der Waals surface area contributed by atoms with E-state index in [1.54, 1.807) is 0 Å². The summed E-state index contributed by atoms with van der Waals surface area (Å²) < 4.78 is 0. The van der Waals surface area contributed by atoms with Gasteiger partial charge >= 0.3 is 0 Å². The van der Waals surface area contributed by atoms with E-state index in [4.69, 9.17) is 5.73 Å². The minimum Gasteiger partial charge on any atom is -0.384 e. The van der Waals surface area contributed by atoms with Crippen LogP contribution in [0.4, 0.5) is 11.6 Å². The summed E-state index contributed by atoms with van der Waals surface area (Å²) >= 11 is 0. The molecule has 2 aliphatic rings. The number of aromatic nitrogens is 1. The van der Waals surface area contributed by atoms with Crippen LogP contribution in [0.1, 0.15) is 24.3 Å². The number of piperidine rings is 1. The van der Waals surface area contributed by atoms with Gasteiger partial charge in [0.05, 0.1) is 0 Å². The lowest BCUT2D eigenvalue weighted by atomic mass is 9.82. The van der Waals surface area contributed by atoms with Crippen LogP contribution in [0.25, 0.3) is 0 Å². The Labute approximate surface area is 95.6 Å². The molecule has 2 aliphatic heterocycles. The predicted octanol–water partition coefficient (Wildman–Crippen LogP) is 1.17. The molecule has 1 aromatic rings. The third kappa shape index (κ3) is 1.63. The lowest BCUT2D eigenvalue weighted by Gasteiger charge is -2.27. The zero-order chi connectivity index (χ0) is 11.0. The van der Waals surface area contributed by atoms with Crippen molar-refractivity contribution in [1.29, 1.82) is 0 Å². The molecule has 1 saturated heterocycles. The van der Waals surface area contributed by atoms with Crippen LogP contribution >= 0.6 is 0 Å². The van der Waals surface area contributed by atoms with Gasteiger partial charge in [0.25, 0.3) is 0 Å². The first-order chi connectivity index (χ1) is 7.84. The Bertz CT molecular complexity index is 385. The van der Waals surface area contributed by atoms with Crippen LogP contribution in [0.15, 0.2) is 12.1 Å². The molecule has 3 rings (SSSR count). The van der Waals surface area contributed by atoms with Crippen LogP contribution < -0.4 is 16.4 Å². The van der Waals surface area contributed by atoms with Crippen molar-refractivity contribution in [1.82, 2.24) is 10.3 Å². The van der Waals surface area contributed by atoms with Crippen molar-refractivity contribution in [3.8, 4) is 0 Å². The van der Waals surface area contributed by atoms with Crippen molar-refractivity contribution in [2.24, 2.45) is 5.92 Å². The molecule has 0 amide bonds. The van der Waals surface area contributed by atoms with E-state index >= 15 is 0 Å². The van der Waals surface area contributed by atoms with Crippen LogP contribution in [0.2, 0.25) is 0 Å². The minimum atomic E-state index is 0.609. The van der Waals surface area contributed by atoms with E-state index in [-0.39, 0.29) is 0 Å². The average Bonchev–Trinajstić information content (AvgIpc) is 2.73. The van der Waals surface area contributed by atoms with E-state index in [1.807, 2.05) is 6.07 Å². The zero-order valence-corrected chi connectivity index (χ0v) is 9.37. The van der Waals surface area contributed by atoms with Crippen molar-refractivity contribution < 1.29 is 0 Å². The smallest absolute Gasteiger partial charge is 0.131 e. The monoisotopic (exact) mass is 218 g/mol. The number of nitrogens with one attached hydrogen (secondary N) is 2. The molecule has 1 unspecified atom stereocenters. The van der Waals surface area contributed by atoms with Gasteiger partial charge in [-0.05, 0) is 43.5 Å². The van der Waals surface area contributed by atoms with Gasteiger partial charge in [0.2, 0.25) is 0 Å². The van der Waals surface area contributed by atoms with Gasteiger partial charge in [-0.1, -0.05) is 6.07 Å². The highest BCUT2D eigenvalue weighted by atomic mass is 15.0. The fraction of sp³-hybridized carbons (Fsp3) is 0.583. The molecule has 4 heteroatoms. The van der Waals surface area contributed by atoms with Gasteiger partial charge in [0.1, 0.15) is 11.6 Å². The average molecular weight is 218 g/mol. The fourth-order valence-corrected chi connectivity index (χ4v) is 2.91. The Balaban J connectivity index is 1.84. The largest absolute Gasteiger partial charge is 0.384 e. The summed E-state index contributed by atoms with van der Waals surface area (Å²) in [6, 6.07) is 4.06. The second-order valence-corrected chi connectivity index (χ2v) is 4.75. The van der Waals surface area contributed by atoms with Gasteiger partial charge < -0.3 is 16.4 Å². The lowest BCUT2D eigenvalue weighted by Crippen LogP contribution is -2.31. The van der Waals surface area contributed by atoms with Gasteiger partial charge in [0, 0.05) is 12.5 Å². The number of anilines is 2. The standard InChI is InChI=1S/C12H18N4/c13-11-2-1-9-10(7-15-12(9)16-11)8-3-5-14-6-4-8/h1-2,8,10,14H,3-7H2,(H3,13,15,16). The number of hydrogen-bond acceptors (Lipinski definition) is 4. The Kier molecular flexibility index (Phi) is 2.44. The third-order valence-electron chi connectivity index (χ3n) is 3.79. The van der Waals surface area contributed by atoms with Crippen molar-refractivity contribution in [2.75, 3.05) is 30.7 Å². The van der Waals surface area contributed by atoms with Crippen molar-refractivity contribution in [3.05, 3.63) is 17.7 Å². The number of fused-ring (bicyclic) bond motifs is 1. The molecule has 1 atom stereocenters. The number of pyridine rings is 1. The van der Waals surface area contributed by atoms with Crippen molar-refractivity contribution in [3.63, 3.8) is 0 Å². The molecular formula is C12H18N4. The zero-order valence-electron chi connectivity index (χ0n) is 9.37. The van der Waals surface area contributed by atoms with Crippen LogP contribution in [0, 0.1) is 5.92 Å². The highest BCUT2D eigenvalue weighted by molar-refractivity contribution is 5.56. The van der Waals surface area contributed by atoms with E-state index in [9.17, 15) is 0 Å². The molecule has 0 aromatic carbocycles. The molecule has 0 bridgehead atoms. The molecule has 16 heavy (non-hydrogen) atoms. The molecule has 1 fully saturated rings. The Hall–Kier alpha value is -1.29. The lowest BCUT2D eigenvalue weighted by molar-refractivity contribution is 0.330. The second kappa shape index (κ2) is 3.94.